The number of likely N-dealkylation sites (tertiary alicyclic amines) is 1. The van der Waals surface area contributed by atoms with Crippen LogP contribution in [-0.2, 0) is 11.8 Å². The van der Waals surface area contributed by atoms with E-state index in [-0.39, 0.29) is 35.9 Å². The van der Waals surface area contributed by atoms with Crippen molar-refractivity contribution in [2.75, 3.05) is 46.8 Å². The molecule has 0 aromatic carbocycles. The largest absolute Gasteiger partial charge is 0.369 e. The average molecular weight is 506 g/mol. The Labute approximate surface area is 185 Å². The lowest BCUT2D eigenvalue weighted by atomic mass is 10.1. The molecular weight excluding hydrogens is 471 g/mol. The number of aliphatic imine (C=N–C) groups is 1. The molecule has 2 rings (SSSR count). The van der Waals surface area contributed by atoms with Gasteiger partial charge >= 0.3 is 0 Å². The molecule has 1 unspecified atom stereocenters. The molecule has 0 spiro atoms. The fourth-order valence-corrected chi connectivity index (χ4v) is 3.33. The third kappa shape index (κ3) is 7.92. The van der Waals surface area contributed by atoms with Crippen molar-refractivity contribution in [3.05, 3.63) is 18.0 Å². The Hall–Kier alpha value is -1.40. The van der Waals surface area contributed by atoms with E-state index in [1.54, 1.807) is 0 Å². The zero-order chi connectivity index (χ0) is 19.8. The van der Waals surface area contributed by atoms with Gasteiger partial charge in [-0.1, -0.05) is 0 Å². The molecular formula is C18H35IN8O. The summed E-state index contributed by atoms with van der Waals surface area (Å²) in [5.41, 5.74) is 6.44. The smallest absolute Gasteiger partial charge is 0.231 e. The minimum Gasteiger partial charge on any atom is -0.369 e. The molecule has 10 heteroatoms. The summed E-state index contributed by atoms with van der Waals surface area (Å²) in [6.07, 6.45) is 5.87. The van der Waals surface area contributed by atoms with Crippen LogP contribution in [0.25, 0.3) is 0 Å². The van der Waals surface area contributed by atoms with Crippen molar-refractivity contribution in [1.29, 1.82) is 0 Å². The summed E-state index contributed by atoms with van der Waals surface area (Å²) in [7, 11) is 6.04. The van der Waals surface area contributed by atoms with Gasteiger partial charge in [-0.25, -0.2) is 0 Å². The second kappa shape index (κ2) is 12.2. The molecule has 1 amide bonds. The highest BCUT2D eigenvalue weighted by atomic mass is 127. The minimum absolute atomic E-state index is 0. The number of guanidine groups is 1. The number of primary amides is 1. The molecule has 4 N–H and O–H groups in total. The predicted molar refractivity (Wildman–Crippen MR) is 123 cm³/mol. The lowest BCUT2D eigenvalue weighted by Crippen LogP contribution is -2.50. The van der Waals surface area contributed by atoms with Crippen LogP contribution in [-0.4, -0.2) is 84.3 Å². The summed E-state index contributed by atoms with van der Waals surface area (Å²) in [5, 5.41) is 11.2. The predicted octanol–water partition coefficient (Wildman–Crippen LogP) is 0.146. The van der Waals surface area contributed by atoms with Crippen molar-refractivity contribution in [3.63, 3.8) is 0 Å². The first-order chi connectivity index (χ1) is 12.9. The molecule has 1 aliphatic heterocycles. The summed E-state index contributed by atoms with van der Waals surface area (Å²) in [4.78, 5) is 20.1. The van der Waals surface area contributed by atoms with Crippen LogP contribution in [0.15, 0.2) is 17.4 Å². The van der Waals surface area contributed by atoms with Gasteiger partial charge in [0.1, 0.15) is 0 Å². The normalized spacial score (nSPS) is 17.2. The van der Waals surface area contributed by atoms with Gasteiger partial charge in [-0.3, -0.25) is 19.4 Å². The fourth-order valence-electron chi connectivity index (χ4n) is 3.33. The first kappa shape index (κ1) is 24.6. The van der Waals surface area contributed by atoms with Crippen molar-refractivity contribution in [1.82, 2.24) is 30.2 Å². The molecule has 0 saturated carbocycles. The molecule has 28 heavy (non-hydrogen) atoms. The molecule has 0 bridgehead atoms. The van der Waals surface area contributed by atoms with Gasteiger partial charge in [0.25, 0.3) is 0 Å². The molecule has 0 radical (unpaired) electrons. The fraction of sp³-hybridized carbons (Fsp3) is 0.722. The Morgan fingerprint density at radius 2 is 2.11 bits per heavy atom. The molecule has 9 nitrogen and oxygen atoms in total. The van der Waals surface area contributed by atoms with Gasteiger partial charge in [-0.05, 0) is 33.9 Å². The Bertz CT molecular complexity index is 625. The number of nitrogens with zero attached hydrogens (tertiary/aromatic N) is 5. The second-order valence-electron chi connectivity index (χ2n) is 7.31. The molecule has 1 saturated heterocycles. The van der Waals surface area contributed by atoms with Crippen LogP contribution in [0.2, 0.25) is 0 Å². The van der Waals surface area contributed by atoms with Crippen LogP contribution in [0.1, 0.15) is 31.4 Å². The minimum atomic E-state index is -0.263. The van der Waals surface area contributed by atoms with E-state index in [0.29, 0.717) is 19.1 Å². The number of piperidine rings is 1. The van der Waals surface area contributed by atoms with Crippen molar-refractivity contribution in [2.45, 2.75) is 31.8 Å². The molecule has 2 heterocycles. The van der Waals surface area contributed by atoms with Crippen molar-refractivity contribution >= 4 is 35.8 Å². The van der Waals surface area contributed by atoms with E-state index in [1.807, 2.05) is 24.1 Å². The van der Waals surface area contributed by atoms with Crippen LogP contribution in [0, 0.1) is 0 Å². The topological polar surface area (TPSA) is 104 Å². The van der Waals surface area contributed by atoms with Crippen LogP contribution in [0.5, 0.6) is 0 Å². The highest BCUT2D eigenvalue weighted by Gasteiger charge is 2.21. The number of nitrogens with one attached hydrogen (secondary N) is 2. The lowest BCUT2D eigenvalue weighted by Gasteiger charge is -2.32. The summed E-state index contributed by atoms with van der Waals surface area (Å²) in [6.45, 7) is 5.61. The number of aryl methyl sites for hydroxylation is 1. The third-order valence-electron chi connectivity index (χ3n) is 4.81. The van der Waals surface area contributed by atoms with Gasteiger partial charge in [0.05, 0.1) is 25.3 Å². The SMILES string of the molecule is CCNC(=NCC(c1cnn(C)c1)N(C)C)NC1CCN(CC(N)=O)CC1.I. The van der Waals surface area contributed by atoms with Crippen LogP contribution >= 0.6 is 24.0 Å². The van der Waals surface area contributed by atoms with E-state index >= 15 is 0 Å². The summed E-state index contributed by atoms with van der Waals surface area (Å²) < 4.78 is 1.82. The van der Waals surface area contributed by atoms with Crippen molar-refractivity contribution in [3.8, 4) is 0 Å². The van der Waals surface area contributed by atoms with Gasteiger partial charge in [-0.15, -0.1) is 24.0 Å². The zero-order valence-electron chi connectivity index (χ0n) is 17.4. The van der Waals surface area contributed by atoms with E-state index in [0.717, 1.165) is 44.0 Å². The quantitative estimate of drug-likeness (QED) is 0.264. The Kier molecular flexibility index (Phi) is 10.8. The molecule has 1 atom stereocenters. The van der Waals surface area contributed by atoms with Crippen molar-refractivity contribution < 1.29 is 4.79 Å². The number of likely N-dealkylation sites (N-methyl/N-ethyl adjacent to an activating group) is 1. The van der Waals surface area contributed by atoms with E-state index in [4.69, 9.17) is 10.7 Å². The molecule has 160 valence electrons. The summed E-state index contributed by atoms with van der Waals surface area (Å²) in [6, 6.07) is 0.523. The lowest BCUT2D eigenvalue weighted by molar-refractivity contribution is -0.119. The second-order valence-corrected chi connectivity index (χ2v) is 7.31. The van der Waals surface area contributed by atoms with Gasteiger partial charge in [0.15, 0.2) is 5.96 Å². The number of nitrogens with two attached hydrogens (primary N) is 1. The van der Waals surface area contributed by atoms with Gasteiger partial charge in [0.2, 0.25) is 5.91 Å². The van der Waals surface area contributed by atoms with E-state index < -0.39 is 0 Å². The maximum Gasteiger partial charge on any atom is 0.231 e. The Morgan fingerprint density at radius 1 is 1.43 bits per heavy atom. The number of amides is 1. The zero-order valence-corrected chi connectivity index (χ0v) is 19.7. The van der Waals surface area contributed by atoms with E-state index in [9.17, 15) is 4.79 Å². The number of aromatic nitrogens is 2. The standard InChI is InChI=1S/C18H34N8O.HI/c1-5-20-18(23-15-6-8-26(9-7-15)13-17(19)27)21-11-16(24(2)3)14-10-22-25(4)12-14;/h10,12,15-16H,5-9,11,13H2,1-4H3,(H2,19,27)(H2,20,21,23);1H. The Morgan fingerprint density at radius 3 is 2.61 bits per heavy atom. The molecule has 1 aromatic heterocycles. The average Bonchev–Trinajstić information content (AvgIpc) is 3.02. The molecule has 0 aliphatic carbocycles. The molecule has 1 aromatic rings. The number of hydrogen-bond donors (Lipinski definition) is 3. The Balaban J connectivity index is 0.00000392. The number of carbonyl (C=O) groups excluding carboxylic acids is 1. The first-order valence-corrected chi connectivity index (χ1v) is 9.59. The van der Waals surface area contributed by atoms with Crippen LogP contribution < -0.4 is 16.4 Å². The van der Waals surface area contributed by atoms with Crippen LogP contribution in [0.3, 0.4) is 0 Å². The number of hydrogen-bond acceptors (Lipinski definition) is 5. The van der Waals surface area contributed by atoms with Crippen LogP contribution in [0.4, 0.5) is 0 Å². The van der Waals surface area contributed by atoms with E-state index in [1.165, 1.54) is 0 Å². The van der Waals surface area contributed by atoms with Gasteiger partial charge in [-0.2, -0.15) is 5.10 Å². The number of carbonyl (C=O) groups is 1. The highest BCUT2D eigenvalue weighted by Crippen LogP contribution is 2.17. The van der Waals surface area contributed by atoms with E-state index in [2.05, 4.69) is 46.6 Å². The summed E-state index contributed by atoms with van der Waals surface area (Å²) >= 11 is 0. The number of rotatable bonds is 8. The van der Waals surface area contributed by atoms with Gasteiger partial charge < -0.3 is 21.3 Å². The van der Waals surface area contributed by atoms with Crippen molar-refractivity contribution in [2.24, 2.45) is 17.8 Å². The van der Waals surface area contributed by atoms with Gasteiger partial charge in [0, 0.05) is 44.5 Å². The highest BCUT2D eigenvalue weighted by molar-refractivity contribution is 14.0. The third-order valence-corrected chi connectivity index (χ3v) is 4.81. The maximum atomic E-state index is 11.1. The first-order valence-electron chi connectivity index (χ1n) is 9.59. The molecule has 1 aliphatic rings. The monoisotopic (exact) mass is 506 g/mol. The maximum absolute atomic E-state index is 11.1. The number of halogens is 1. The molecule has 1 fully saturated rings. The summed E-state index contributed by atoms with van der Waals surface area (Å²) in [5.74, 6) is 0.572.